The zero-order valence-electron chi connectivity index (χ0n) is 11.5. The summed E-state index contributed by atoms with van der Waals surface area (Å²) >= 11 is 0. The monoisotopic (exact) mass is 301 g/mol. The van der Waals surface area contributed by atoms with Gasteiger partial charge in [-0.25, -0.2) is 4.98 Å². The summed E-state index contributed by atoms with van der Waals surface area (Å²) in [6.07, 6.45) is 0.0921. The van der Waals surface area contributed by atoms with Gasteiger partial charge >= 0.3 is 6.18 Å². The van der Waals surface area contributed by atoms with Gasteiger partial charge in [0.1, 0.15) is 5.84 Å². The lowest BCUT2D eigenvalue weighted by molar-refractivity contribution is -0.177. The minimum atomic E-state index is -4.16. The summed E-state index contributed by atoms with van der Waals surface area (Å²) in [6.45, 7) is 0. The normalized spacial score (nSPS) is 23.6. The molecule has 1 saturated carbocycles. The summed E-state index contributed by atoms with van der Waals surface area (Å²) in [6, 6.07) is 0. The Morgan fingerprint density at radius 2 is 2.00 bits per heavy atom. The van der Waals surface area contributed by atoms with E-state index in [1.165, 1.54) is 17.0 Å². The number of nitrogens with two attached hydrogens (primary N) is 1. The molecule has 2 unspecified atom stereocenters. The summed E-state index contributed by atoms with van der Waals surface area (Å²) in [5.74, 6) is -1.44. The first kappa shape index (κ1) is 15.5. The average molecular weight is 301 g/mol. The molecule has 1 aliphatic rings. The fourth-order valence-corrected chi connectivity index (χ4v) is 2.74. The number of nitrogens with one attached hydrogen (secondary N) is 2. The third-order valence-electron chi connectivity index (χ3n) is 3.99. The van der Waals surface area contributed by atoms with Crippen molar-refractivity contribution >= 4 is 11.7 Å². The lowest BCUT2D eigenvalue weighted by atomic mass is 9.96. The summed E-state index contributed by atoms with van der Waals surface area (Å²) in [5.41, 5.74) is 5.44. The highest BCUT2D eigenvalue weighted by Gasteiger charge is 2.40. The van der Waals surface area contributed by atoms with Crippen molar-refractivity contribution < 1.29 is 13.2 Å². The minimum Gasteiger partial charge on any atom is -0.381 e. The van der Waals surface area contributed by atoms with Gasteiger partial charge in [0.25, 0.3) is 0 Å². The molecule has 1 heterocycles. The second-order valence-corrected chi connectivity index (χ2v) is 5.36. The van der Waals surface area contributed by atoms with E-state index in [0.717, 1.165) is 0 Å². The number of alkyl halides is 3. The van der Waals surface area contributed by atoms with Crippen LogP contribution < -0.4 is 11.2 Å². The van der Waals surface area contributed by atoms with E-state index >= 15 is 0 Å². The summed E-state index contributed by atoms with van der Waals surface area (Å²) in [7, 11) is 0. The van der Waals surface area contributed by atoms with Crippen LogP contribution in [0.4, 0.5) is 19.0 Å². The fourth-order valence-electron chi connectivity index (χ4n) is 2.74. The molecule has 0 bridgehead atoms. The number of halogens is 3. The molecule has 0 saturated heterocycles. The van der Waals surface area contributed by atoms with Gasteiger partial charge < -0.3 is 5.73 Å². The minimum absolute atomic E-state index is 0.00374. The fraction of sp³-hybridized carbons (Fsp3) is 0.615. The molecular weight excluding hydrogens is 283 g/mol. The molecule has 2 atom stereocenters. The van der Waals surface area contributed by atoms with Crippen LogP contribution in [0.2, 0.25) is 0 Å². The van der Waals surface area contributed by atoms with E-state index in [0.29, 0.717) is 19.3 Å². The predicted molar refractivity (Wildman–Crippen MR) is 71.7 cm³/mol. The molecule has 8 heteroatoms. The van der Waals surface area contributed by atoms with Crippen molar-refractivity contribution in [3.05, 3.63) is 17.9 Å². The van der Waals surface area contributed by atoms with E-state index in [1.54, 1.807) is 0 Å². The number of hydrogen-bond acceptors (Lipinski definition) is 4. The van der Waals surface area contributed by atoms with Crippen LogP contribution in [-0.4, -0.2) is 21.6 Å². The Labute approximate surface area is 120 Å². The van der Waals surface area contributed by atoms with Crippen LogP contribution in [0, 0.1) is 22.7 Å². The Morgan fingerprint density at radius 1 is 1.29 bits per heavy atom. The second-order valence-electron chi connectivity index (χ2n) is 5.36. The Bertz CT molecular complexity index is 578. The lowest BCUT2D eigenvalue weighted by Gasteiger charge is -2.19. The van der Waals surface area contributed by atoms with Crippen LogP contribution in [0.1, 0.15) is 32.1 Å². The predicted octanol–water partition coefficient (Wildman–Crippen LogP) is 2.53. The van der Waals surface area contributed by atoms with Crippen LogP contribution in [-0.2, 0) is 0 Å². The number of hydrogen-bond donors (Lipinski definition) is 3. The van der Waals surface area contributed by atoms with Crippen molar-refractivity contribution in [1.29, 1.82) is 10.8 Å². The highest BCUT2D eigenvalue weighted by Crippen LogP contribution is 2.38. The summed E-state index contributed by atoms with van der Waals surface area (Å²) < 4.78 is 39.6. The van der Waals surface area contributed by atoms with Crippen molar-refractivity contribution in [2.75, 3.05) is 5.73 Å². The topological polar surface area (TPSA) is 91.5 Å². The lowest BCUT2D eigenvalue weighted by Crippen LogP contribution is -2.33. The largest absolute Gasteiger partial charge is 0.391 e. The van der Waals surface area contributed by atoms with Crippen LogP contribution in [0.25, 0.3) is 0 Å². The zero-order valence-corrected chi connectivity index (χ0v) is 11.5. The number of nitrogens with zero attached hydrogens (tertiary/aromatic N) is 2. The summed E-state index contributed by atoms with van der Waals surface area (Å²) in [4.78, 5) is 3.75. The van der Waals surface area contributed by atoms with E-state index in [-0.39, 0.29) is 35.9 Å². The first-order valence-corrected chi connectivity index (χ1v) is 6.84. The van der Waals surface area contributed by atoms with Crippen LogP contribution in [0.3, 0.4) is 0 Å². The first-order valence-electron chi connectivity index (χ1n) is 6.84. The van der Waals surface area contributed by atoms with E-state index < -0.39 is 12.1 Å². The quantitative estimate of drug-likeness (QED) is 0.422. The van der Waals surface area contributed by atoms with Gasteiger partial charge in [0, 0.05) is 18.3 Å². The molecule has 0 radical (unpaired) electrons. The third kappa shape index (κ3) is 3.43. The van der Waals surface area contributed by atoms with Gasteiger partial charge in [0.2, 0.25) is 0 Å². The molecule has 0 aliphatic heterocycles. The van der Waals surface area contributed by atoms with Crippen LogP contribution in [0.5, 0.6) is 0 Å². The van der Waals surface area contributed by atoms with Crippen molar-refractivity contribution in [1.82, 2.24) is 9.55 Å². The Balaban J connectivity index is 2.14. The highest BCUT2D eigenvalue weighted by atomic mass is 19.4. The molecule has 4 N–H and O–H groups in total. The van der Waals surface area contributed by atoms with E-state index in [2.05, 4.69) is 4.98 Å². The maximum atomic E-state index is 12.8. The Hall–Kier alpha value is -1.86. The van der Waals surface area contributed by atoms with E-state index in [1.807, 2.05) is 0 Å². The number of anilines is 1. The van der Waals surface area contributed by atoms with Crippen molar-refractivity contribution in [2.24, 2.45) is 11.8 Å². The van der Waals surface area contributed by atoms with E-state index in [4.69, 9.17) is 16.6 Å². The molecule has 0 aromatic carbocycles. The number of aromatic nitrogens is 2. The highest BCUT2D eigenvalue weighted by molar-refractivity contribution is 5.83. The maximum Gasteiger partial charge on any atom is 0.391 e. The van der Waals surface area contributed by atoms with Crippen molar-refractivity contribution in [3.63, 3.8) is 0 Å². The van der Waals surface area contributed by atoms with Crippen molar-refractivity contribution in [3.8, 4) is 0 Å². The van der Waals surface area contributed by atoms with Gasteiger partial charge in [-0.2, -0.15) is 13.2 Å². The van der Waals surface area contributed by atoms with Crippen LogP contribution in [0.15, 0.2) is 12.4 Å². The molecule has 1 aliphatic carbocycles. The molecule has 2 rings (SSSR count). The van der Waals surface area contributed by atoms with Gasteiger partial charge in [0.05, 0.1) is 5.92 Å². The number of rotatable bonds is 1. The molecule has 1 aromatic heterocycles. The first-order chi connectivity index (χ1) is 9.80. The third-order valence-corrected chi connectivity index (χ3v) is 3.99. The molecule has 116 valence electrons. The molecular formula is C13H18F3N5. The Morgan fingerprint density at radius 3 is 2.67 bits per heavy atom. The molecule has 5 nitrogen and oxygen atoms in total. The summed E-state index contributed by atoms with van der Waals surface area (Å²) in [5, 5.41) is 16.0. The SMILES string of the molecule is N=C(C1CCCC(C(F)(F)F)CC1)n1ccnc(N)c1=N. The number of nitrogen functional groups attached to an aromatic ring is 1. The van der Waals surface area contributed by atoms with Gasteiger partial charge in [-0.15, -0.1) is 0 Å². The molecule has 1 fully saturated rings. The smallest absolute Gasteiger partial charge is 0.381 e. The second kappa shape index (κ2) is 5.87. The maximum absolute atomic E-state index is 12.8. The van der Waals surface area contributed by atoms with Gasteiger partial charge in [-0.1, -0.05) is 6.42 Å². The molecule has 1 aromatic rings. The van der Waals surface area contributed by atoms with Crippen molar-refractivity contribution in [2.45, 2.75) is 38.3 Å². The van der Waals surface area contributed by atoms with E-state index in [9.17, 15) is 13.2 Å². The average Bonchev–Trinajstić information content (AvgIpc) is 2.66. The standard InChI is InChI=1S/C13H18F3N5/c14-13(15,16)9-3-1-2-8(4-5-9)11(18)21-7-6-20-10(17)12(21)19/h6-9,18-19H,1-5H2,(H2,17,20). The zero-order chi connectivity index (χ0) is 15.6. The van der Waals surface area contributed by atoms with Gasteiger partial charge in [-0.3, -0.25) is 15.4 Å². The molecule has 21 heavy (non-hydrogen) atoms. The molecule has 0 amide bonds. The Kier molecular flexibility index (Phi) is 4.34. The molecule has 0 spiro atoms. The van der Waals surface area contributed by atoms with Gasteiger partial charge in [-0.05, 0) is 25.7 Å². The van der Waals surface area contributed by atoms with Crippen LogP contribution >= 0.6 is 0 Å². The van der Waals surface area contributed by atoms with Gasteiger partial charge in [0.15, 0.2) is 11.3 Å².